The predicted molar refractivity (Wildman–Crippen MR) is 130 cm³/mol. The number of aliphatic hydroxyl groups is 1. The summed E-state index contributed by atoms with van der Waals surface area (Å²) < 4.78 is 23.5. The van der Waals surface area contributed by atoms with Crippen molar-refractivity contribution in [3.8, 4) is 5.75 Å². The van der Waals surface area contributed by atoms with Crippen LogP contribution in [0.15, 0.2) is 36.9 Å². The van der Waals surface area contributed by atoms with Crippen molar-refractivity contribution in [1.82, 2.24) is 0 Å². The molecule has 0 aliphatic carbocycles. The van der Waals surface area contributed by atoms with E-state index >= 15 is 0 Å². The minimum atomic E-state index is -2.07. The van der Waals surface area contributed by atoms with Crippen molar-refractivity contribution in [2.45, 2.75) is 77.3 Å². The lowest BCUT2D eigenvalue weighted by molar-refractivity contribution is -0.0886. The van der Waals surface area contributed by atoms with Crippen LogP contribution in [0.4, 0.5) is 0 Å². The maximum Gasteiger partial charge on any atom is 0.200 e. The molecule has 1 N–H and O–H groups in total. The molecule has 2 atom stereocenters. The molecule has 0 heterocycles. The van der Waals surface area contributed by atoms with Crippen molar-refractivity contribution in [3.63, 3.8) is 0 Å². The Morgan fingerprint density at radius 2 is 1.55 bits per heavy atom. The van der Waals surface area contributed by atoms with Gasteiger partial charge < -0.3 is 23.7 Å². The van der Waals surface area contributed by atoms with E-state index in [2.05, 4.69) is 48.1 Å². The van der Waals surface area contributed by atoms with E-state index in [1.54, 1.807) is 7.11 Å². The highest BCUT2D eigenvalue weighted by Gasteiger charge is 2.47. The Kier molecular flexibility index (Phi) is 12.6. The molecule has 0 aromatic heterocycles. The standard InChI is InChI=1S/C25H44O5Si/c1-9-10-25(30-31(19(2)3,20(4)5)21(6)7)23(15-26)17-29-18-28-16-22-11-13-24(27-8)14-12-22/h9,11-14,19-21,23,25-26H,1,10,15-18H2,2-8H3/t23-,25+/m1/s1. The van der Waals surface area contributed by atoms with Crippen LogP contribution >= 0.6 is 0 Å². The van der Waals surface area contributed by atoms with Gasteiger partial charge in [-0.2, -0.15) is 0 Å². The van der Waals surface area contributed by atoms with E-state index in [1.165, 1.54) is 0 Å². The van der Waals surface area contributed by atoms with Crippen LogP contribution < -0.4 is 4.74 Å². The van der Waals surface area contributed by atoms with Gasteiger partial charge in [0.25, 0.3) is 0 Å². The number of hydrogen-bond donors (Lipinski definition) is 1. The lowest BCUT2D eigenvalue weighted by atomic mass is 10.0. The molecule has 0 unspecified atom stereocenters. The van der Waals surface area contributed by atoms with Gasteiger partial charge in [-0.3, -0.25) is 0 Å². The van der Waals surface area contributed by atoms with Gasteiger partial charge >= 0.3 is 0 Å². The van der Waals surface area contributed by atoms with Crippen LogP contribution in [0.3, 0.4) is 0 Å². The van der Waals surface area contributed by atoms with Crippen LogP contribution in [-0.2, 0) is 20.5 Å². The zero-order valence-corrected chi connectivity index (χ0v) is 21.6. The summed E-state index contributed by atoms with van der Waals surface area (Å²) in [7, 11) is -0.420. The Balaban J connectivity index is 2.68. The van der Waals surface area contributed by atoms with E-state index in [4.69, 9.17) is 18.6 Å². The fourth-order valence-electron chi connectivity index (χ4n) is 4.59. The molecule has 6 heteroatoms. The summed E-state index contributed by atoms with van der Waals surface area (Å²) in [6.07, 6.45) is 2.47. The Bertz CT molecular complexity index is 593. The van der Waals surface area contributed by atoms with Crippen molar-refractivity contribution in [1.29, 1.82) is 0 Å². The summed E-state index contributed by atoms with van der Waals surface area (Å²) in [5, 5.41) is 10.1. The van der Waals surface area contributed by atoms with Gasteiger partial charge in [-0.05, 0) is 40.7 Å². The highest BCUT2D eigenvalue weighted by atomic mass is 28.4. The first-order valence-corrected chi connectivity index (χ1v) is 13.5. The van der Waals surface area contributed by atoms with Gasteiger partial charge in [-0.1, -0.05) is 59.8 Å². The minimum absolute atomic E-state index is 0.00967. The lowest BCUT2D eigenvalue weighted by Crippen LogP contribution is -2.52. The topological polar surface area (TPSA) is 57.2 Å². The molecule has 1 aromatic carbocycles. The van der Waals surface area contributed by atoms with Crippen LogP contribution in [0, 0.1) is 5.92 Å². The van der Waals surface area contributed by atoms with E-state index in [0.29, 0.717) is 36.3 Å². The number of ether oxygens (including phenoxy) is 3. The number of rotatable bonds is 16. The molecule has 0 radical (unpaired) electrons. The molecule has 1 aromatic rings. The molecule has 0 amide bonds. The van der Waals surface area contributed by atoms with Gasteiger partial charge in [0.2, 0.25) is 8.32 Å². The smallest absolute Gasteiger partial charge is 0.200 e. The molecule has 178 valence electrons. The average Bonchev–Trinajstić information content (AvgIpc) is 2.73. The molecule has 5 nitrogen and oxygen atoms in total. The number of benzene rings is 1. The van der Waals surface area contributed by atoms with E-state index in [9.17, 15) is 5.11 Å². The maximum atomic E-state index is 10.1. The van der Waals surface area contributed by atoms with Crippen molar-refractivity contribution in [3.05, 3.63) is 42.5 Å². The lowest BCUT2D eigenvalue weighted by Gasteiger charge is -2.46. The van der Waals surface area contributed by atoms with Gasteiger partial charge in [0.1, 0.15) is 12.5 Å². The highest BCUT2D eigenvalue weighted by Crippen LogP contribution is 2.44. The number of aliphatic hydroxyl groups excluding tert-OH is 1. The van der Waals surface area contributed by atoms with Gasteiger partial charge in [0.15, 0.2) is 0 Å². The Labute approximate surface area is 190 Å². The van der Waals surface area contributed by atoms with E-state index in [0.717, 1.165) is 11.3 Å². The second-order valence-corrected chi connectivity index (χ2v) is 14.5. The molecule has 31 heavy (non-hydrogen) atoms. The summed E-state index contributed by atoms with van der Waals surface area (Å²) in [4.78, 5) is 0. The van der Waals surface area contributed by atoms with Crippen molar-refractivity contribution in [2.24, 2.45) is 5.92 Å². The molecule has 0 spiro atoms. The average molecular weight is 453 g/mol. The molecule has 0 aliphatic heterocycles. The van der Waals surface area contributed by atoms with Crippen LogP contribution in [0.25, 0.3) is 0 Å². The second-order valence-electron chi connectivity index (χ2n) is 9.13. The Morgan fingerprint density at radius 1 is 0.968 bits per heavy atom. The van der Waals surface area contributed by atoms with Crippen LogP contribution in [-0.4, -0.2) is 46.6 Å². The zero-order chi connectivity index (χ0) is 23.4. The van der Waals surface area contributed by atoms with Gasteiger partial charge in [-0.25, -0.2) is 0 Å². The second kappa shape index (κ2) is 14.1. The van der Waals surface area contributed by atoms with Gasteiger partial charge in [0, 0.05) is 5.92 Å². The molecule has 0 fully saturated rings. The largest absolute Gasteiger partial charge is 0.497 e. The molecule has 0 aliphatic rings. The van der Waals surface area contributed by atoms with Gasteiger partial charge in [-0.15, -0.1) is 6.58 Å². The summed E-state index contributed by atoms with van der Waals surface area (Å²) >= 11 is 0. The van der Waals surface area contributed by atoms with E-state index in [1.807, 2.05) is 30.3 Å². The quantitative estimate of drug-likeness (QED) is 0.146. The van der Waals surface area contributed by atoms with Gasteiger partial charge in [0.05, 0.1) is 33.0 Å². The molecule has 0 saturated heterocycles. The first-order chi connectivity index (χ1) is 14.7. The third-order valence-corrected chi connectivity index (χ3v) is 12.3. The van der Waals surface area contributed by atoms with Crippen LogP contribution in [0.1, 0.15) is 53.5 Å². The predicted octanol–water partition coefficient (Wildman–Crippen LogP) is 5.93. The summed E-state index contributed by atoms with van der Waals surface area (Å²) in [6, 6.07) is 7.76. The maximum absolute atomic E-state index is 10.1. The molecular weight excluding hydrogens is 408 g/mol. The summed E-state index contributed by atoms with van der Waals surface area (Å²) in [5.41, 5.74) is 2.49. The monoisotopic (exact) mass is 452 g/mol. The van der Waals surface area contributed by atoms with Crippen LogP contribution in [0.5, 0.6) is 5.75 Å². The molecule has 0 saturated carbocycles. The van der Waals surface area contributed by atoms with Crippen LogP contribution in [0.2, 0.25) is 16.6 Å². The van der Waals surface area contributed by atoms with E-state index in [-0.39, 0.29) is 25.4 Å². The highest BCUT2D eigenvalue weighted by molar-refractivity contribution is 6.77. The van der Waals surface area contributed by atoms with E-state index < -0.39 is 8.32 Å². The van der Waals surface area contributed by atoms with Crippen molar-refractivity contribution >= 4 is 8.32 Å². The summed E-state index contributed by atoms with van der Waals surface area (Å²) in [5.74, 6) is 0.702. The molecule has 0 bridgehead atoms. The number of methoxy groups -OCH3 is 1. The van der Waals surface area contributed by atoms with Crippen molar-refractivity contribution in [2.75, 3.05) is 27.1 Å². The fourth-order valence-corrected chi connectivity index (χ4v) is 10.2. The fraction of sp³-hybridized carbons (Fsp3) is 0.680. The Hall–Kier alpha value is -1.18. The number of hydrogen-bond acceptors (Lipinski definition) is 5. The Morgan fingerprint density at radius 3 is 2.00 bits per heavy atom. The minimum Gasteiger partial charge on any atom is -0.497 e. The molecule has 1 rings (SSSR count). The van der Waals surface area contributed by atoms with Crippen molar-refractivity contribution < 1.29 is 23.7 Å². The normalized spacial score (nSPS) is 14.3. The third-order valence-electron chi connectivity index (χ3n) is 6.15. The third kappa shape index (κ3) is 8.03. The first kappa shape index (κ1) is 27.9. The first-order valence-electron chi connectivity index (χ1n) is 11.4. The zero-order valence-electron chi connectivity index (χ0n) is 20.6. The summed E-state index contributed by atoms with van der Waals surface area (Å²) in [6.45, 7) is 18.6. The SMILES string of the molecule is C=CC[C@H](O[Si](C(C)C)(C(C)C)C(C)C)[C@H](CO)COCOCc1ccc(OC)cc1. The molecular formula is C25H44O5Si.